The molecule has 0 aliphatic carbocycles. The molecule has 0 aliphatic rings. The van der Waals surface area contributed by atoms with Gasteiger partial charge in [-0.05, 0) is 13.3 Å². The molecule has 94 valence electrons. The molecule has 0 amide bonds. The van der Waals surface area contributed by atoms with Gasteiger partial charge in [0.25, 0.3) is 0 Å². The predicted molar refractivity (Wildman–Crippen MR) is 71.2 cm³/mol. The number of unbranched alkanes of at least 4 members (excludes halogenated alkanes) is 9. The van der Waals surface area contributed by atoms with Crippen molar-refractivity contribution in [1.29, 1.82) is 5.26 Å². The molecule has 1 atom stereocenters. The first kappa shape index (κ1) is 15.5. The minimum atomic E-state index is 0.258. The third-order valence-electron chi connectivity index (χ3n) is 3.21. The largest absolute Gasteiger partial charge is 0.198 e. The van der Waals surface area contributed by atoms with Crippen LogP contribution in [0.1, 0.15) is 84.5 Å². The Hall–Kier alpha value is -0.510. The average molecular weight is 223 g/mol. The van der Waals surface area contributed by atoms with E-state index < -0.39 is 0 Å². The maximum absolute atomic E-state index is 8.63. The topological polar surface area (TPSA) is 23.8 Å². The summed E-state index contributed by atoms with van der Waals surface area (Å²) in [6.45, 7) is 4.29. The Morgan fingerprint density at radius 2 is 1.25 bits per heavy atom. The molecule has 16 heavy (non-hydrogen) atoms. The quantitative estimate of drug-likeness (QED) is 0.427. The molecule has 0 bridgehead atoms. The molecule has 0 aromatic rings. The summed E-state index contributed by atoms with van der Waals surface area (Å²) in [5.41, 5.74) is 0. The van der Waals surface area contributed by atoms with Crippen molar-refractivity contribution in [2.75, 3.05) is 0 Å². The van der Waals surface area contributed by atoms with Crippen molar-refractivity contribution < 1.29 is 0 Å². The molecule has 1 nitrogen and oxygen atoms in total. The third kappa shape index (κ3) is 11.6. The van der Waals surface area contributed by atoms with Crippen LogP contribution in [0.15, 0.2) is 0 Å². The lowest BCUT2D eigenvalue weighted by Gasteiger charge is -2.03. The van der Waals surface area contributed by atoms with Crippen molar-refractivity contribution in [3.63, 3.8) is 0 Å². The molecule has 0 spiro atoms. The molecule has 0 aromatic heterocycles. The summed E-state index contributed by atoms with van der Waals surface area (Å²) in [4.78, 5) is 0. The normalized spacial score (nSPS) is 12.3. The van der Waals surface area contributed by atoms with Gasteiger partial charge in [-0.15, -0.1) is 0 Å². The lowest BCUT2D eigenvalue weighted by atomic mass is 10.0. The minimum Gasteiger partial charge on any atom is -0.198 e. The second-order valence-corrected chi connectivity index (χ2v) is 5.00. The molecule has 0 radical (unpaired) electrons. The van der Waals surface area contributed by atoms with Crippen molar-refractivity contribution in [1.82, 2.24) is 0 Å². The third-order valence-corrected chi connectivity index (χ3v) is 3.21. The van der Waals surface area contributed by atoms with Crippen LogP contribution in [-0.2, 0) is 0 Å². The Bertz CT molecular complexity index is 169. The van der Waals surface area contributed by atoms with Gasteiger partial charge in [0.15, 0.2) is 0 Å². The van der Waals surface area contributed by atoms with Crippen LogP contribution < -0.4 is 0 Å². The van der Waals surface area contributed by atoms with Gasteiger partial charge in [-0.1, -0.05) is 71.1 Å². The van der Waals surface area contributed by atoms with E-state index in [1.807, 2.05) is 6.92 Å². The van der Waals surface area contributed by atoms with Crippen LogP contribution in [0.4, 0.5) is 0 Å². The van der Waals surface area contributed by atoms with Gasteiger partial charge in [-0.2, -0.15) is 5.26 Å². The lowest BCUT2D eigenvalue weighted by Crippen LogP contribution is -1.89. The van der Waals surface area contributed by atoms with Gasteiger partial charge >= 0.3 is 0 Å². The van der Waals surface area contributed by atoms with Crippen LogP contribution in [-0.4, -0.2) is 0 Å². The van der Waals surface area contributed by atoms with E-state index >= 15 is 0 Å². The zero-order chi connectivity index (χ0) is 12.1. The molecule has 0 aliphatic heterocycles. The molecule has 0 rings (SSSR count). The van der Waals surface area contributed by atoms with E-state index in [4.69, 9.17) is 5.26 Å². The molecule has 0 saturated heterocycles. The lowest BCUT2D eigenvalue weighted by molar-refractivity contribution is 0.529. The molecule has 0 heterocycles. The second kappa shape index (κ2) is 12.6. The smallest absolute Gasteiger partial charge is 0.0652 e. The number of nitrogens with zero attached hydrogens (tertiary/aromatic N) is 1. The van der Waals surface area contributed by atoms with Crippen LogP contribution in [0.3, 0.4) is 0 Å². The molecule has 0 N–H and O–H groups in total. The standard InChI is InChI=1S/C15H29N/c1-3-4-5-6-7-8-9-10-11-12-13-15(2)14-16/h15H,3-13H2,1-2H3. The second-order valence-electron chi connectivity index (χ2n) is 5.00. The van der Waals surface area contributed by atoms with Crippen molar-refractivity contribution in [2.24, 2.45) is 5.92 Å². The van der Waals surface area contributed by atoms with E-state index in [1.54, 1.807) is 0 Å². The van der Waals surface area contributed by atoms with Gasteiger partial charge in [-0.25, -0.2) is 0 Å². The highest BCUT2D eigenvalue weighted by atomic mass is 14.3. The first-order chi connectivity index (χ1) is 7.81. The van der Waals surface area contributed by atoms with Gasteiger partial charge in [0.05, 0.1) is 6.07 Å². The van der Waals surface area contributed by atoms with E-state index in [9.17, 15) is 0 Å². The Kier molecular flexibility index (Phi) is 12.2. The number of hydrogen-bond acceptors (Lipinski definition) is 1. The summed E-state index contributed by atoms with van der Waals surface area (Å²) in [5, 5.41) is 8.63. The van der Waals surface area contributed by atoms with Gasteiger partial charge in [0.1, 0.15) is 0 Å². The Balaban J connectivity index is 2.96. The van der Waals surface area contributed by atoms with E-state index in [2.05, 4.69) is 13.0 Å². The Labute approximate surface area is 102 Å². The summed E-state index contributed by atoms with van der Waals surface area (Å²) in [6, 6.07) is 2.30. The Morgan fingerprint density at radius 3 is 1.69 bits per heavy atom. The highest BCUT2D eigenvalue weighted by Crippen LogP contribution is 2.13. The maximum Gasteiger partial charge on any atom is 0.0652 e. The minimum absolute atomic E-state index is 0.258. The van der Waals surface area contributed by atoms with E-state index in [0.717, 1.165) is 6.42 Å². The van der Waals surface area contributed by atoms with Crippen LogP contribution in [0.25, 0.3) is 0 Å². The van der Waals surface area contributed by atoms with Crippen LogP contribution in [0, 0.1) is 17.2 Å². The number of nitriles is 1. The molecule has 1 heteroatoms. The van der Waals surface area contributed by atoms with Gasteiger partial charge in [0, 0.05) is 5.92 Å². The van der Waals surface area contributed by atoms with Crippen LogP contribution >= 0.6 is 0 Å². The fourth-order valence-electron chi connectivity index (χ4n) is 2.00. The summed E-state index contributed by atoms with van der Waals surface area (Å²) in [5.74, 6) is 0.258. The summed E-state index contributed by atoms with van der Waals surface area (Å²) < 4.78 is 0. The zero-order valence-electron chi connectivity index (χ0n) is 11.3. The van der Waals surface area contributed by atoms with E-state index in [1.165, 1.54) is 64.2 Å². The highest BCUT2D eigenvalue weighted by Gasteiger charge is 1.98. The summed E-state index contributed by atoms with van der Waals surface area (Å²) >= 11 is 0. The highest BCUT2D eigenvalue weighted by molar-refractivity contribution is 4.77. The molecule has 0 fully saturated rings. The van der Waals surface area contributed by atoms with Gasteiger partial charge < -0.3 is 0 Å². The monoisotopic (exact) mass is 223 g/mol. The zero-order valence-corrected chi connectivity index (χ0v) is 11.3. The van der Waals surface area contributed by atoms with Gasteiger partial charge in [0.2, 0.25) is 0 Å². The summed E-state index contributed by atoms with van der Waals surface area (Å²) in [6.07, 6.45) is 14.9. The van der Waals surface area contributed by atoms with Crippen molar-refractivity contribution >= 4 is 0 Å². The molecule has 0 aromatic carbocycles. The first-order valence-corrected chi connectivity index (χ1v) is 7.20. The van der Waals surface area contributed by atoms with Crippen molar-refractivity contribution in [3.8, 4) is 6.07 Å². The first-order valence-electron chi connectivity index (χ1n) is 7.20. The number of rotatable bonds is 11. The number of hydrogen-bond donors (Lipinski definition) is 0. The maximum atomic E-state index is 8.63. The fraction of sp³-hybridized carbons (Fsp3) is 0.933. The average Bonchev–Trinajstić information content (AvgIpc) is 2.31. The van der Waals surface area contributed by atoms with Crippen LogP contribution in [0.5, 0.6) is 0 Å². The van der Waals surface area contributed by atoms with Crippen molar-refractivity contribution in [2.45, 2.75) is 84.5 Å². The van der Waals surface area contributed by atoms with E-state index in [-0.39, 0.29) is 5.92 Å². The predicted octanol–water partition coefficient (Wildman–Crippen LogP) is 5.46. The van der Waals surface area contributed by atoms with Crippen molar-refractivity contribution in [3.05, 3.63) is 0 Å². The SMILES string of the molecule is CCCCCCCCCCCCC(C)C#N. The molecular formula is C15H29N. The molecular weight excluding hydrogens is 194 g/mol. The van der Waals surface area contributed by atoms with E-state index in [0.29, 0.717) is 0 Å². The Morgan fingerprint density at radius 1 is 0.812 bits per heavy atom. The fourth-order valence-corrected chi connectivity index (χ4v) is 2.00. The molecule has 1 unspecified atom stereocenters. The molecule has 0 saturated carbocycles. The summed E-state index contributed by atoms with van der Waals surface area (Å²) in [7, 11) is 0. The van der Waals surface area contributed by atoms with Crippen LogP contribution in [0.2, 0.25) is 0 Å². The van der Waals surface area contributed by atoms with Gasteiger partial charge in [-0.3, -0.25) is 0 Å².